The van der Waals surface area contributed by atoms with Gasteiger partial charge in [-0.05, 0) is 36.3 Å². The highest BCUT2D eigenvalue weighted by molar-refractivity contribution is 7.17. The number of nitrogens with one attached hydrogen (secondary N) is 2. The Kier molecular flexibility index (Phi) is 2.56. The molecule has 2 bridgehead atoms. The fourth-order valence-electron chi connectivity index (χ4n) is 3.23. The molecule has 0 radical (unpaired) electrons. The van der Waals surface area contributed by atoms with E-state index in [4.69, 9.17) is 0 Å². The molecule has 2 aromatic heterocycles. The maximum absolute atomic E-state index is 12.3. The molecular formula is C14H15N3OS. The van der Waals surface area contributed by atoms with E-state index in [1.165, 1.54) is 6.42 Å². The lowest BCUT2D eigenvalue weighted by Gasteiger charge is -2.23. The number of carbonyl (C=O) groups is 1. The highest BCUT2D eigenvalue weighted by Gasteiger charge is 2.40. The second kappa shape index (κ2) is 4.28. The van der Waals surface area contributed by atoms with Gasteiger partial charge in [-0.2, -0.15) is 0 Å². The van der Waals surface area contributed by atoms with Gasteiger partial charge in [0.05, 0.1) is 0 Å². The van der Waals surface area contributed by atoms with Crippen LogP contribution in [0.1, 0.15) is 23.3 Å². The van der Waals surface area contributed by atoms with E-state index in [9.17, 15) is 4.79 Å². The van der Waals surface area contributed by atoms with Crippen molar-refractivity contribution in [3.8, 4) is 0 Å². The topological polar surface area (TPSA) is 54.0 Å². The predicted molar refractivity (Wildman–Crippen MR) is 75.4 cm³/mol. The monoisotopic (exact) mass is 273 g/mol. The fourth-order valence-corrected chi connectivity index (χ4v) is 4.03. The Balaban J connectivity index is 1.53. The number of piperidine rings is 1. The molecule has 1 saturated heterocycles. The molecule has 2 fully saturated rings. The number of fused-ring (bicyclic) bond motifs is 3. The summed E-state index contributed by atoms with van der Waals surface area (Å²) in [5.74, 6) is 0.562. The first-order valence-electron chi connectivity index (χ1n) is 6.67. The van der Waals surface area contributed by atoms with Crippen LogP contribution in [0.5, 0.6) is 0 Å². The Hall–Kier alpha value is -1.46. The Morgan fingerprint density at radius 1 is 1.47 bits per heavy atom. The van der Waals surface area contributed by atoms with Gasteiger partial charge >= 0.3 is 0 Å². The molecule has 1 aliphatic carbocycles. The average molecular weight is 273 g/mol. The summed E-state index contributed by atoms with van der Waals surface area (Å²) in [7, 11) is 0. The molecule has 4 rings (SSSR count). The molecule has 1 amide bonds. The first-order chi connectivity index (χ1) is 9.29. The van der Waals surface area contributed by atoms with Crippen LogP contribution in [0.25, 0.3) is 10.1 Å². The van der Waals surface area contributed by atoms with Crippen LogP contribution >= 0.6 is 11.3 Å². The molecule has 2 N–H and O–H groups in total. The zero-order chi connectivity index (χ0) is 12.8. The normalized spacial score (nSPS) is 28.9. The van der Waals surface area contributed by atoms with Gasteiger partial charge in [0.25, 0.3) is 5.91 Å². The molecule has 1 aliphatic heterocycles. The van der Waals surface area contributed by atoms with Gasteiger partial charge in [-0.25, -0.2) is 0 Å². The zero-order valence-electron chi connectivity index (χ0n) is 10.4. The van der Waals surface area contributed by atoms with Crippen molar-refractivity contribution in [2.75, 3.05) is 6.54 Å². The van der Waals surface area contributed by atoms with Gasteiger partial charge in [0.2, 0.25) is 0 Å². The minimum atomic E-state index is -0.0344. The van der Waals surface area contributed by atoms with Crippen molar-refractivity contribution in [3.63, 3.8) is 0 Å². The van der Waals surface area contributed by atoms with E-state index in [1.54, 1.807) is 17.5 Å². The lowest BCUT2D eigenvalue weighted by Crippen LogP contribution is -2.44. The number of amides is 1. The SMILES string of the molecule is O=C(NC1CC2CC1CN2)c1cc2sccc2cn1. The highest BCUT2D eigenvalue weighted by Crippen LogP contribution is 2.31. The van der Waals surface area contributed by atoms with E-state index in [0.717, 1.165) is 23.1 Å². The molecular weight excluding hydrogens is 258 g/mol. The number of aromatic nitrogens is 1. The minimum absolute atomic E-state index is 0.0344. The van der Waals surface area contributed by atoms with E-state index < -0.39 is 0 Å². The highest BCUT2D eigenvalue weighted by atomic mass is 32.1. The summed E-state index contributed by atoms with van der Waals surface area (Å²) in [6, 6.07) is 4.83. The minimum Gasteiger partial charge on any atom is -0.348 e. The summed E-state index contributed by atoms with van der Waals surface area (Å²) in [5.41, 5.74) is 0.533. The van der Waals surface area contributed by atoms with Crippen LogP contribution in [0.15, 0.2) is 23.7 Å². The number of nitrogens with zero attached hydrogens (tertiary/aromatic N) is 1. The van der Waals surface area contributed by atoms with Crippen molar-refractivity contribution in [3.05, 3.63) is 29.4 Å². The molecule has 1 saturated carbocycles. The van der Waals surface area contributed by atoms with Crippen LogP contribution in [0.3, 0.4) is 0 Å². The number of hydrogen-bond acceptors (Lipinski definition) is 4. The maximum atomic E-state index is 12.3. The Morgan fingerprint density at radius 3 is 3.21 bits per heavy atom. The number of rotatable bonds is 2. The van der Waals surface area contributed by atoms with Crippen LogP contribution in [0.2, 0.25) is 0 Å². The van der Waals surface area contributed by atoms with Crippen LogP contribution in [-0.4, -0.2) is 29.5 Å². The molecule has 19 heavy (non-hydrogen) atoms. The largest absolute Gasteiger partial charge is 0.348 e. The Labute approximate surface area is 115 Å². The van der Waals surface area contributed by atoms with E-state index >= 15 is 0 Å². The van der Waals surface area contributed by atoms with Gasteiger partial charge in [0, 0.05) is 34.9 Å². The van der Waals surface area contributed by atoms with Gasteiger partial charge in [-0.15, -0.1) is 11.3 Å². The van der Waals surface area contributed by atoms with Gasteiger partial charge in [0.15, 0.2) is 0 Å². The molecule has 3 atom stereocenters. The van der Waals surface area contributed by atoms with Crippen molar-refractivity contribution in [1.29, 1.82) is 0 Å². The predicted octanol–water partition coefficient (Wildman–Crippen LogP) is 1.78. The number of pyridine rings is 1. The van der Waals surface area contributed by atoms with Crippen LogP contribution < -0.4 is 10.6 Å². The molecule has 0 aromatic carbocycles. The van der Waals surface area contributed by atoms with Crippen molar-refractivity contribution in [1.82, 2.24) is 15.6 Å². The van der Waals surface area contributed by atoms with E-state index in [-0.39, 0.29) is 5.91 Å². The summed E-state index contributed by atoms with van der Waals surface area (Å²) in [5, 5.41) is 9.73. The molecule has 3 heterocycles. The summed E-state index contributed by atoms with van der Waals surface area (Å²) in [4.78, 5) is 16.5. The van der Waals surface area contributed by atoms with Gasteiger partial charge in [-0.1, -0.05) is 0 Å². The lowest BCUT2D eigenvalue weighted by atomic mass is 10.0. The lowest BCUT2D eigenvalue weighted by molar-refractivity contribution is 0.0920. The number of hydrogen-bond donors (Lipinski definition) is 2. The van der Waals surface area contributed by atoms with Crippen LogP contribution in [0, 0.1) is 5.92 Å². The molecule has 2 aliphatic rings. The first kappa shape index (κ1) is 11.4. The van der Waals surface area contributed by atoms with Crippen LogP contribution in [0.4, 0.5) is 0 Å². The molecule has 0 spiro atoms. The summed E-state index contributed by atoms with van der Waals surface area (Å²) in [6.45, 7) is 1.03. The molecule has 4 nitrogen and oxygen atoms in total. The van der Waals surface area contributed by atoms with Crippen molar-refractivity contribution >= 4 is 27.3 Å². The number of carbonyl (C=O) groups excluding carboxylic acids is 1. The second-order valence-electron chi connectivity index (χ2n) is 5.44. The van der Waals surface area contributed by atoms with E-state index in [1.807, 2.05) is 17.5 Å². The Bertz CT molecular complexity index is 638. The zero-order valence-corrected chi connectivity index (χ0v) is 11.2. The quantitative estimate of drug-likeness (QED) is 0.877. The smallest absolute Gasteiger partial charge is 0.270 e. The Morgan fingerprint density at radius 2 is 2.42 bits per heavy atom. The standard InChI is InChI=1S/C14H15N3OS/c18-14(17-11-4-10-3-9(11)7-15-10)12-5-13-8(6-16-12)1-2-19-13/h1-2,5-6,9-11,15H,3-4,7H2,(H,17,18). The first-order valence-corrected chi connectivity index (χ1v) is 7.55. The average Bonchev–Trinajstić information content (AvgIpc) is 3.13. The maximum Gasteiger partial charge on any atom is 0.270 e. The molecule has 2 aromatic rings. The van der Waals surface area contributed by atoms with Gasteiger partial charge in [-0.3, -0.25) is 9.78 Å². The van der Waals surface area contributed by atoms with Crippen molar-refractivity contribution in [2.45, 2.75) is 24.9 Å². The van der Waals surface area contributed by atoms with Gasteiger partial charge < -0.3 is 10.6 Å². The van der Waals surface area contributed by atoms with Crippen molar-refractivity contribution in [2.24, 2.45) is 5.92 Å². The van der Waals surface area contributed by atoms with E-state index in [0.29, 0.717) is 23.7 Å². The van der Waals surface area contributed by atoms with Crippen LogP contribution in [-0.2, 0) is 0 Å². The van der Waals surface area contributed by atoms with Gasteiger partial charge in [0.1, 0.15) is 5.69 Å². The third-order valence-electron chi connectivity index (χ3n) is 4.25. The third-order valence-corrected chi connectivity index (χ3v) is 5.13. The fraction of sp³-hybridized carbons (Fsp3) is 0.429. The summed E-state index contributed by atoms with van der Waals surface area (Å²) in [6.07, 6.45) is 4.03. The summed E-state index contributed by atoms with van der Waals surface area (Å²) < 4.78 is 1.12. The molecule has 5 heteroatoms. The van der Waals surface area contributed by atoms with E-state index in [2.05, 4.69) is 15.6 Å². The number of thiophene rings is 1. The molecule has 3 unspecified atom stereocenters. The third kappa shape index (κ3) is 1.93. The molecule has 98 valence electrons. The summed E-state index contributed by atoms with van der Waals surface area (Å²) >= 11 is 1.64. The van der Waals surface area contributed by atoms with Crippen molar-refractivity contribution < 1.29 is 4.79 Å². The second-order valence-corrected chi connectivity index (χ2v) is 6.39.